The molecule has 0 bridgehead atoms. The summed E-state index contributed by atoms with van der Waals surface area (Å²) in [6.45, 7) is 1.98. The van der Waals surface area contributed by atoms with Crippen molar-refractivity contribution in [2.24, 2.45) is 0 Å². The number of rotatable bonds is 3. The summed E-state index contributed by atoms with van der Waals surface area (Å²) >= 11 is 1.63. The second kappa shape index (κ2) is 7.45. The van der Waals surface area contributed by atoms with E-state index in [2.05, 4.69) is 34.9 Å². The van der Waals surface area contributed by atoms with Gasteiger partial charge in [-0.2, -0.15) is 0 Å². The molecule has 2 N–H and O–H groups in total. The highest BCUT2D eigenvalue weighted by Gasteiger charge is 2.17. The number of amides is 2. The van der Waals surface area contributed by atoms with E-state index in [1.807, 2.05) is 37.3 Å². The lowest BCUT2D eigenvalue weighted by Gasteiger charge is -2.16. The molecule has 2 amide bonds. The van der Waals surface area contributed by atoms with Gasteiger partial charge in [0.25, 0.3) is 5.91 Å². The van der Waals surface area contributed by atoms with Crippen LogP contribution in [0.1, 0.15) is 35.3 Å². The van der Waals surface area contributed by atoms with E-state index in [1.54, 1.807) is 17.8 Å². The van der Waals surface area contributed by atoms with Gasteiger partial charge in [0.1, 0.15) is 0 Å². The second-order valence-electron chi connectivity index (χ2n) is 6.66. The van der Waals surface area contributed by atoms with Gasteiger partial charge in [-0.15, -0.1) is 11.8 Å². The normalized spacial score (nSPS) is 14.8. The van der Waals surface area contributed by atoms with Crippen LogP contribution in [-0.4, -0.2) is 17.6 Å². The zero-order chi connectivity index (χ0) is 18.8. The third kappa shape index (κ3) is 3.83. The van der Waals surface area contributed by atoms with Crippen LogP contribution in [0.25, 0.3) is 10.8 Å². The fraction of sp³-hybridized carbons (Fsp3) is 0.182. The van der Waals surface area contributed by atoms with Crippen LogP contribution in [0.4, 0.5) is 5.69 Å². The second-order valence-corrected chi connectivity index (χ2v) is 7.80. The first-order chi connectivity index (χ1) is 13.1. The first kappa shape index (κ1) is 17.6. The van der Waals surface area contributed by atoms with E-state index < -0.39 is 0 Å². The Balaban J connectivity index is 1.53. The quantitative estimate of drug-likeness (QED) is 0.693. The molecule has 0 fully saturated rings. The van der Waals surface area contributed by atoms with Crippen molar-refractivity contribution in [3.8, 4) is 0 Å². The van der Waals surface area contributed by atoms with E-state index in [-0.39, 0.29) is 17.9 Å². The van der Waals surface area contributed by atoms with Crippen LogP contribution in [0, 0.1) is 0 Å². The van der Waals surface area contributed by atoms with Crippen LogP contribution in [0.2, 0.25) is 0 Å². The molecule has 1 heterocycles. The highest BCUT2D eigenvalue weighted by atomic mass is 32.2. The number of nitrogens with one attached hydrogen (secondary N) is 2. The summed E-state index contributed by atoms with van der Waals surface area (Å²) in [5.74, 6) is 0.592. The van der Waals surface area contributed by atoms with Gasteiger partial charge >= 0.3 is 0 Å². The Bertz CT molecular complexity index is 1030. The van der Waals surface area contributed by atoms with E-state index in [0.717, 1.165) is 21.6 Å². The Kier molecular flexibility index (Phi) is 4.86. The smallest absolute Gasteiger partial charge is 0.251 e. The van der Waals surface area contributed by atoms with Crippen LogP contribution in [-0.2, 0) is 4.79 Å². The average molecular weight is 376 g/mol. The first-order valence-corrected chi connectivity index (χ1v) is 9.95. The molecule has 0 aromatic heterocycles. The minimum Gasteiger partial charge on any atom is -0.346 e. The minimum atomic E-state index is -0.151. The number of carbonyl (C=O) groups excluding carboxylic acids is 2. The molecule has 0 aliphatic carbocycles. The number of anilines is 1. The van der Waals surface area contributed by atoms with E-state index in [1.165, 1.54) is 5.39 Å². The van der Waals surface area contributed by atoms with Crippen molar-refractivity contribution in [2.75, 3.05) is 11.1 Å². The molecule has 3 aromatic rings. The summed E-state index contributed by atoms with van der Waals surface area (Å²) < 4.78 is 0. The molecule has 136 valence electrons. The number of carbonyl (C=O) groups is 2. The van der Waals surface area contributed by atoms with Gasteiger partial charge in [-0.1, -0.05) is 36.4 Å². The fourth-order valence-corrected chi connectivity index (χ4v) is 4.14. The Morgan fingerprint density at radius 1 is 1.07 bits per heavy atom. The van der Waals surface area contributed by atoms with E-state index in [0.29, 0.717) is 17.7 Å². The molecule has 1 atom stereocenters. The Morgan fingerprint density at radius 2 is 1.89 bits per heavy atom. The monoisotopic (exact) mass is 376 g/mol. The first-order valence-electron chi connectivity index (χ1n) is 8.96. The van der Waals surface area contributed by atoms with E-state index in [4.69, 9.17) is 0 Å². The number of fused-ring (bicyclic) bond motifs is 2. The highest BCUT2D eigenvalue weighted by molar-refractivity contribution is 7.99. The van der Waals surface area contributed by atoms with Crippen LogP contribution < -0.4 is 10.6 Å². The molecule has 0 saturated carbocycles. The topological polar surface area (TPSA) is 58.2 Å². The van der Waals surface area contributed by atoms with Gasteiger partial charge < -0.3 is 10.6 Å². The summed E-state index contributed by atoms with van der Waals surface area (Å²) in [6.07, 6.45) is 0.486. The molecular formula is C22H20N2O2S. The van der Waals surface area contributed by atoms with Crippen molar-refractivity contribution in [2.45, 2.75) is 24.3 Å². The molecule has 0 spiro atoms. The molecule has 1 aliphatic heterocycles. The molecule has 0 radical (unpaired) electrons. The number of thioether (sulfide) groups is 1. The summed E-state index contributed by atoms with van der Waals surface area (Å²) in [5, 5.41) is 8.27. The predicted octanol–water partition coefficient (Wildman–Crippen LogP) is 4.77. The molecule has 27 heavy (non-hydrogen) atoms. The lowest BCUT2D eigenvalue weighted by molar-refractivity contribution is -0.115. The van der Waals surface area contributed by atoms with E-state index in [9.17, 15) is 9.59 Å². The molecular weight excluding hydrogens is 356 g/mol. The minimum absolute atomic E-state index is 0.0108. The van der Waals surface area contributed by atoms with Crippen LogP contribution in [0.15, 0.2) is 65.6 Å². The van der Waals surface area contributed by atoms with Gasteiger partial charge in [0, 0.05) is 22.6 Å². The third-order valence-corrected chi connectivity index (χ3v) is 5.80. The molecule has 0 saturated heterocycles. The van der Waals surface area contributed by atoms with Crippen LogP contribution in [0.3, 0.4) is 0 Å². The van der Waals surface area contributed by atoms with Gasteiger partial charge in [0.05, 0.1) is 11.7 Å². The SMILES string of the molecule is CC(NC(=O)c1ccc2c(c1)NC(=O)CCS2)c1ccc2ccccc2c1. The van der Waals surface area contributed by atoms with Gasteiger partial charge in [-0.25, -0.2) is 0 Å². The fourth-order valence-electron chi connectivity index (χ4n) is 3.20. The summed E-state index contributed by atoms with van der Waals surface area (Å²) in [6, 6.07) is 19.7. The van der Waals surface area contributed by atoms with Crippen molar-refractivity contribution < 1.29 is 9.59 Å². The maximum Gasteiger partial charge on any atom is 0.251 e. The highest BCUT2D eigenvalue weighted by Crippen LogP contribution is 2.31. The van der Waals surface area contributed by atoms with Crippen molar-refractivity contribution in [3.63, 3.8) is 0 Å². The summed E-state index contributed by atoms with van der Waals surface area (Å²) in [7, 11) is 0. The van der Waals surface area contributed by atoms with Gasteiger partial charge in [-0.05, 0) is 47.5 Å². The predicted molar refractivity (Wildman–Crippen MR) is 110 cm³/mol. The van der Waals surface area contributed by atoms with Crippen molar-refractivity contribution in [3.05, 3.63) is 71.8 Å². The third-order valence-electron chi connectivity index (χ3n) is 4.72. The van der Waals surface area contributed by atoms with Crippen molar-refractivity contribution in [1.82, 2.24) is 5.32 Å². The molecule has 1 aliphatic rings. The van der Waals surface area contributed by atoms with Crippen molar-refractivity contribution in [1.29, 1.82) is 0 Å². The molecule has 4 rings (SSSR count). The Labute approximate surface area is 162 Å². The van der Waals surface area contributed by atoms with Crippen LogP contribution >= 0.6 is 11.8 Å². The number of hydrogen-bond donors (Lipinski definition) is 2. The average Bonchev–Trinajstić information content (AvgIpc) is 2.87. The zero-order valence-corrected chi connectivity index (χ0v) is 15.8. The van der Waals surface area contributed by atoms with Crippen molar-refractivity contribution >= 4 is 40.0 Å². The Morgan fingerprint density at radius 3 is 2.74 bits per heavy atom. The molecule has 3 aromatic carbocycles. The molecule has 1 unspecified atom stereocenters. The van der Waals surface area contributed by atoms with Gasteiger partial charge in [0.2, 0.25) is 5.91 Å². The molecule has 5 heteroatoms. The standard InChI is InChI=1S/C22H20N2O2S/c1-14(16-7-6-15-4-2-3-5-17(15)12-16)23-22(26)18-8-9-20-19(13-18)24-21(25)10-11-27-20/h2-9,12-14H,10-11H2,1H3,(H,23,26)(H,24,25). The largest absolute Gasteiger partial charge is 0.346 e. The van der Waals surface area contributed by atoms with Gasteiger partial charge in [-0.3, -0.25) is 9.59 Å². The lowest BCUT2D eigenvalue weighted by Crippen LogP contribution is -2.26. The van der Waals surface area contributed by atoms with E-state index >= 15 is 0 Å². The van der Waals surface area contributed by atoms with Gasteiger partial charge in [0.15, 0.2) is 0 Å². The zero-order valence-electron chi connectivity index (χ0n) is 15.0. The maximum atomic E-state index is 12.7. The maximum absolute atomic E-state index is 12.7. The summed E-state index contributed by atoms with van der Waals surface area (Å²) in [5.41, 5.74) is 2.32. The van der Waals surface area contributed by atoms with Crippen LogP contribution in [0.5, 0.6) is 0 Å². The molecule has 4 nitrogen and oxygen atoms in total. The lowest BCUT2D eigenvalue weighted by atomic mass is 10.0. The Hall–Kier alpha value is -2.79. The summed E-state index contributed by atoms with van der Waals surface area (Å²) in [4.78, 5) is 25.5. The number of benzene rings is 3. The number of hydrogen-bond acceptors (Lipinski definition) is 3.